The molecule has 0 aliphatic carbocycles. The molecule has 3 heterocycles. The van der Waals surface area contributed by atoms with Gasteiger partial charge in [0.25, 0.3) is 0 Å². The van der Waals surface area contributed by atoms with Crippen molar-refractivity contribution >= 4 is 53.6 Å². The van der Waals surface area contributed by atoms with Crippen LogP contribution in [0.4, 0.5) is 0 Å². The van der Waals surface area contributed by atoms with Gasteiger partial charge >= 0.3 is 0 Å². The van der Waals surface area contributed by atoms with E-state index in [2.05, 4.69) is 107 Å². The number of benzene rings is 6. The van der Waals surface area contributed by atoms with Gasteiger partial charge in [-0.1, -0.05) is 18.2 Å². The fourth-order valence-corrected chi connectivity index (χ4v) is 10.00. The minimum absolute atomic E-state index is 0.591. The van der Waals surface area contributed by atoms with Gasteiger partial charge in [0.15, 0.2) is 0 Å². The summed E-state index contributed by atoms with van der Waals surface area (Å²) in [4.78, 5) is 2.72. The van der Waals surface area contributed by atoms with Crippen molar-refractivity contribution < 1.29 is 0 Å². The predicted octanol–water partition coefficient (Wildman–Crippen LogP) is 9.96. The Bertz CT molecular complexity index is 2740. The lowest BCUT2D eigenvalue weighted by Gasteiger charge is -2.28. The molecule has 0 saturated carbocycles. The van der Waals surface area contributed by atoms with Crippen LogP contribution in [0.1, 0.15) is 16.7 Å². The van der Waals surface area contributed by atoms with E-state index in [-0.39, 0.29) is 0 Å². The molecule has 2 aromatic heterocycles. The summed E-state index contributed by atoms with van der Waals surface area (Å²) in [7, 11) is -1.26. The van der Waals surface area contributed by atoms with Crippen LogP contribution in [0.3, 0.4) is 0 Å². The molecule has 9 rings (SSSR count). The molecule has 5 nitrogen and oxygen atoms in total. The first-order valence-corrected chi connectivity index (χ1v) is 17.7. The van der Waals surface area contributed by atoms with Crippen LogP contribution < -0.4 is 0 Å². The Kier molecular flexibility index (Phi) is 5.54. The van der Waals surface area contributed by atoms with E-state index in [9.17, 15) is 15.8 Å². The Morgan fingerprint density at radius 3 is 1.30 bits per heavy atom. The molecule has 6 heteroatoms. The van der Waals surface area contributed by atoms with Gasteiger partial charge in [0.05, 0.1) is 57.0 Å². The maximum atomic E-state index is 9.65. The standard InChI is InChI=1S/C41H25N5S/c1-47(2)40-15-10-28(45-36-6-4-3-5-30(36)31-17-25(22-42)7-12-37(31)45)20-34(40)35-21-29(11-16-41(35)47)46-38-13-8-26(23-43)18-32(38)33-19-27(24-44)9-14-39(33)46/h3-21H,1-2H3. The Labute approximate surface area is 272 Å². The topological polar surface area (TPSA) is 81.2 Å². The second kappa shape index (κ2) is 9.62. The largest absolute Gasteiger partial charge is 0.309 e. The van der Waals surface area contributed by atoms with Gasteiger partial charge in [-0.25, -0.2) is 0 Å². The normalized spacial score (nSPS) is 13.7. The fraction of sp³-hybridized carbons (Fsp3) is 0.0488. The predicted molar refractivity (Wildman–Crippen MR) is 191 cm³/mol. The molecule has 0 unspecified atom stereocenters. The molecule has 220 valence electrons. The zero-order valence-corrected chi connectivity index (χ0v) is 26.4. The first-order valence-electron chi connectivity index (χ1n) is 15.3. The Balaban J connectivity index is 1.29. The summed E-state index contributed by atoms with van der Waals surface area (Å²) in [6.45, 7) is 0. The monoisotopic (exact) mass is 619 g/mol. The van der Waals surface area contributed by atoms with Gasteiger partial charge in [0.2, 0.25) is 0 Å². The molecule has 0 bridgehead atoms. The quantitative estimate of drug-likeness (QED) is 0.193. The van der Waals surface area contributed by atoms with Gasteiger partial charge < -0.3 is 9.13 Å². The van der Waals surface area contributed by atoms with Crippen LogP contribution >= 0.6 is 10.0 Å². The summed E-state index contributed by atoms with van der Waals surface area (Å²) >= 11 is 0. The highest BCUT2D eigenvalue weighted by molar-refractivity contribution is 8.33. The highest BCUT2D eigenvalue weighted by atomic mass is 32.3. The van der Waals surface area contributed by atoms with Crippen molar-refractivity contribution in [3.05, 3.63) is 132 Å². The molecular weight excluding hydrogens is 595 g/mol. The van der Waals surface area contributed by atoms with Crippen molar-refractivity contribution in [2.24, 2.45) is 0 Å². The Morgan fingerprint density at radius 2 is 0.851 bits per heavy atom. The van der Waals surface area contributed by atoms with Gasteiger partial charge in [0, 0.05) is 42.7 Å². The van der Waals surface area contributed by atoms with Crippen molar-refractivity contribution in [3.63, 3.8) is 0 Å². The van der Waals surface area contributed by atoms with Gasteiger partial charge in [-0.3, -0.25) is 0 Å². The van der Waals surface area contributed by atoms with E-state index in [1.807, 2.05) is 48.5 Å². The third-order valence-electron chi connectivity index (χ3n) is 9.66. The number of para-hydroxylation sites is 1. The van der Waals surface area contributed by atoms with E-state index >= 15 is 0 Å². The van der Waals surface area contributed by atoms with Crippen molar-refractivity contribution in [1.29, 1.82) is 15.8 Å². The first-order chi connectivity index (χ1) is 22.9. The number of fused-ring (bicyclic) bond motifs is 9. The minimum Gasteiger partial charge on any atom is -0.309 e. The highest BCUT2D eigenvalue weighted by Crippen LogP contribution is 2.67. The summed E-state index contributed by atoms with van der Waals surface area (Å²) in [5.41, 5.74) is 10.6. The number of nitriles is 3. The van der Waals surface area contributed by atoms with Crippen LogP contribution in [0, 0.1) is 34.0 Å². The van der Waals surface area contributed by atoms with Crippen LogP contribution in [-0.2, 0) is 0 Å². The number of nitrogens with zero attached hydrogens (tertiary/aromatic N) is 5. The maximum Gasteiger partial charge on any atom is 0.0991 e. The van der Waals surface area contributed by atoms with Gasteiger partial charge in [-0.15, -0.1) is 0 Å². The number of hydrogen-bond acceptors (Lipinski definition) is 3. The average Bonchev–Trinajstić information content (AvgIpc) is 3.69. The molecule has 8 aromatic rings. The van der Waals surface area contributed by atoms with E-state index in [4.69, 9.17) is 0 Å². The zero-order valence-electron chi connectivity index (χ0n) is 25.6. The van der Waals surface area contributed by atoms with Gasteiger partial charge in [0.1, 0.15) is 0 Å². The summed E-state index contributed by atoms with van der Waals surface area (Å²) in [6.07, 6.45) is 4.74. The van der Waals surface area contributed by atoms with E-state index in [1.165, 1.54) is 20.9 Å². The summed E-state index contributed by atoms with van der Waals surface area (Å²) in [6, 6.07) is 46.4. The Hall–Kier alpha value is -6.26. The zero-order chi connectivity index (χ0) is 32.0. The third kappa shape index (κ3) is 3.70. The SMILES string of the molecule is CS1(C)c2ccc(-n3c4ccccc4c4cc(C#N)ccc43)cc2-c2cc(-n3c4ccc(C#N)cc4c4cc(C#N)ccc43)ccc21. The van der Waals surface area contributed by atoms with E-state index in [0.29, 0.717) is 16.7 Å². The first kappa shape index (κ1) is 27.1. The van der Waals surface area contributed by atoms with Crippen molar-refractivity contribution in [2.75, 3.05) is 12.5 Å². The van der Waals surface area contributed by atoms with Crippen LogP contribution in [0.2, 0.25) is 0 Å². The number of rotatable bonds is 2. The summed E-state index contributed by atoms with van der Waals surface area (Å²) < 4.78 is 4.56. The lowest BCUT2D eigenvalue weighted by molar-refractivity contribution is 1.16. The second-order valence-electron chi connectivity index (χ2n) is 12.4. The molecule has 0 saturated heterocycles. The molecule has 0 radical (unpaired) electrons. The molecule has 0 atom stereocenters. The molecule has 0 N–H and O–H groups in total. The molecule has 0 fully saturated rings. The van der Waals surface area contributed by atoms with Crippen LogP contribution in [0.15, 0.2) is 125 Å². The van der Waals surface area contributed by atoms with Crippen molar-refractivity contribution in [3.8, 4) is 40.7 Å². The molecular formula is C41H25N5S. The lowest BCUT2D eigenvalue weighted by Crippen LogP contribution is -1.96. The molecule has 0 spiro atoms. The fourth-order valence-electron chi connectivity index (χ4n) is 7.50. The average molecular weight is 620 g/mol. The van der Waals surface area contributed by atoms with Crippen LogP contribution in [-0.4, -0.2) is 21.6 Å². The Morgan fingerprint density at radius 1 is 0.447 bits per heavy atom. The molecule has 6 aromatic carbocycles. The maximum absolute atomic E-state index is 9.65. The van der Waals surface area contributed by atoms with E-state index in [1.54, 1.807) is 0 Å². The van der Waals surface area contributed by atoms with Gasteiger partial charge in [-0.2, -0.15) is 25.8 Å². The van der Waals surface area contributed by atoms with Crippen LogP contribution in [0.25, 0.3) is 66.1 Å². The molecule has 1 aliphatic heterocycles. The molecule has 1 aliphatic rings. The van der Waals surface area contributed by atoms with Crippen molar-refractivity contribution in [1.82, 2.24) is 9.13 Å². The number of hydrogen-bond donors (Lipinski definition) is 0. The summed E-state index contributed by atoms with van der Waals surface area (Å²) in [5.74, 6) is 0. The third-order valence-corrected chi connectivity index (χ3v) is 12.6. The van der Waals surface area contributed by atoms with E-state index in [0.717, 1.165) is 55.0 Å². The molecule has 47 heavy (non-hydrogen) atoms. The molecule has 0 amide bonds. The van der Waals surface area contributed by atoms with Gasteiger partial charge in [-0.05, 0) is 121 Å². The lowest BCUT2D eigenvalue weighted by atomic mass is 10.0. The summed E-state index contributed by atoms with van der Waals surface area (Å²) in [5, 5.41) is 33.0. The second-order valence-corrected chi connectivity index (χ2v) is 15.9. The number of aromatic nitrogens is 2. The van der Waals surface area contributed by atoms with Crippen LogP contribution in [0.5, 0.6) is 0 Å². The van der Waals surface area contributed by atoms with Crippen molar-refractivity contribution in [2.45, 2.75) is 9.79 Å². The highest BCUT2D eigenvalue weighted by Gasteiger charge is 2.33. The minimum atomic E-state index is -1.26. The smallest absolute Gasteiger partial charge is 0.0991 e. The van der Waals surface area contributed by atoms with E-state index < -0.39 is 10.0 Å².